The number of aliphatic hydroxyl groups is 7. The number of hydrogen-bond acceptors (Lipinski definition) is 15. The topological polar surface area (TPSA) is 231 Å². The number of rotatable bonds is 31. The quantitative estimate of drug-likeness (QED) is 0.0301. The first-order chi connectivity index (χ1) is 27.5. The van der Waals surface area contributed by atoms with Crippen molar-refractivity contribution in [3.8, 4) is 0 Å². The van der Waals surface area contributed by atoms with Crippen molar-refractivity contribution >= 4 is 11.9 Å². The van der Waals surface area contributed by atoms with Crippen LogP contribution in [0, 0.1) is 0 Å². The highest BCUT2D eigenvalue weighted by Gasteiger charge is 2.47. The van der Waals surface area contributed by atoms with Crippen LogP contribution in [0.5, 0.6) is 0 Å². The molecule has 11 atom stereocenters. The second kappa shape index (κ2) is 30.9. The third-order valence-electron chi connectivity index (χ3n) is 10.2. The molecule has 57 heavy (non-hydrogen) atoms. The van der Waals surface area contributed by atoms with Gasteiger partial charge in [0.05, 0.1) is 19.8 Å². The zero-order valence-electron chi connectivity index (χ0n) is 34.3. The Kier molecular flexibility index (Phi) is 27.7. The minimum absolute atomic E-state index is 0.157. The van der Waals surface area contributed by atoms with E-state index in [1.54, 1.807) is 0 Å². The van der Waals surface area contributed by atoms with E-state index in [-0.39, 0.29) is 26.1 Å². The van der Waals surface area contributed by atoms with Crippen molar-refractivity contribution in [2.45, 2.75) is 203 Å². The Morgan fingerprint density at radius 3 is 1.67 bits per heavy atom. The van der Waals surface area contributed by atoms with Crippen LogP contribution in [0.2, 0.25) is 0 Å². The lowest BCUT2D eigenvalue weighted by Gasteiger charge is -2.42. The van der Waals surface area contributed by atoms with Gasteiger partial charge in [-0.3, -0.25) is 9.59 Å². The Hall–Kier alpha value is -2.02. The summed E-state index contributed by atoms with van der Waals surface area (Å²) >= 11 is 0. The molecular formula is C42H74O15. The minimum Gasteiger partial charge on any atom is -0.462 e. The number of ether oxygens (including phenoxy) is 6. The van der Waals surface area contributed by atoms with Crippen LogP contribution in [0.4, 0.5) is 0 Å². The van der Waals surface area contributed by atoms with Crippen LogP contribution < -0.4 is 0 Å². The van der Waals surface area contributed by atoms with Crippen molar-refractivity contribution in [2.24, 2.45) is 0 Å². The van der Waals surface area contributed by atoms with Gasteiger partial charge in [-0.25, -0.2) is 0 Å². The Bertz CT molecular complexity index is 1100. The number of carbonyl (C=O) groups excluding carboxylic acids is 2. The fourth-order valence-corrected chi connectivity index (χ4v) is 6.54. The highest BCUT2D eigenvalue weighted by atomic mass is 16.7. The summed E-state index contributed by atoms with van der Waals surface area (Å²) in [6, 6.07) is 0. The van der Waals surface area contributed by atoms with Crippen LogP contribution in [0.15, 0.2) is 24.3 Å². The predicted octanol–water partition coefficient (Wildman–Crippen LogP) is 3.65. The number of esters is 2. The zero-order chi connectivity index (χ0) is 41.8. The van der Waals surface area contributed by atoms with E-state index in [2.05, 4.69) is 38.2 Å². The summed E-state index contributed by atoms with van der Waals surface area (Å²) < 4.78 is 33.2. The molecule has 0 aromatic rings. The minimum atomic E-state index is -1.76. The van der Waals surface area contributed by atoms with Crippen molar-refractivity contribution in [2.75, 3.05) is 26.4 Å². The molecule has 2 aliphatic rings. The molecule has 2 rings (SSSR count). The average Bonchev–Trinajstić information content (AvgIpc) is 3.20. The van der Waals surface area contributed by atoms with Gasteiger partial charge in [-0.05, 0) is 44.9 Å². The summed E-state index contributed by atoms with van der Waals surface area (Å²) in [5, 5.41) is 71.5. The van der Waals surface area contributed by atoms with E-state index in [9.17, 15) is 45.3 Å². The molecule has 0 aliphatic carbocycles. The van der Waals surface area contributed by atoms with Crippen molar-refractivity contribution in [3.05, 3.63) is 24.3 Å². The van der Waals surface area contributed by atoms with Crippen LogP contribution >= 0.6 is 0 Å². The second-order valence-electron chi connectivity index (χ2n) is 15.2. The van der Waals surface area contributed by atoms with Gasteiger partial charge in [-0.1, -0.05) is 102 Å². The molecule has 7 N–H and O–H groups in total. The molecule has 0 aromatic carbocycles. The third-order valence-corrected chi connectivity index (χ3v) is 10.2. The lowest BCUT2D eigenvalue weighted by atomic mass is 9.98. The number of allylic oxidation sites excluding steroid dienone is 4. The number of aliphatic hydroxyl groups excluding tert-OH is 7. The molecule has 0 aromatic heterocycles. The van der Waals surface area contributed by atoms with E-state index in [0.29, 0.717) is 12.8 Å². The maximum atomic E-state index is 12.8. The van der Waals surface area contributed by atoms with Crippen LogP contribution in [0.1, 0.15) is 136 Å². The van der Waals surface area contributed by atoms with E-state index in [0.717, 1.165) is 64.2 Å². The molecule has 0 radical (unpaired) electrons. The van der Waals surface area contributed by atoms with E-state index in [4.69, 9.17) is 28.4 Å². The molecule has 0 saturated carbocycles. The van der Waals surface area contributed by atoms with Gasteiger partial charge in [0.15, 0.2) is 18.7 Å². The average molecular weight is 819 g/mol. The molecule has 0 amide bonds. The van der Waals surface area contributed by atoms with E-state index < -0.39 is 92.7 Å². The van der Waals surface area contributed by atoms with E-state index in [1.165, 1.54) is 32.1 Å². The van der Waals surface area contributed by atoms with Crippen LogP contribution in [0.3, 0.4) is 0 Å². The van der Waals surface area contributed by atoms with Gasteiger partial charge < -0.3 is 64.2 Å². The molecule has 15 nitrogen and oxygen atoms in total. The van der Waals surface area contributed by atoms with Gasteiger partial charge in [0, 0.05) is 12.8 Å². The molecule has 0 bridgehead atoms. The smallest absolute Gasteiger partial charge is 0.306 e. The van der Waals surface area contributed by atoms with Crippen LogP contribution in [-0.2, 0) is 38.0 Å². The zero-order valence-corrected chi connectivity index (χ0v) is 34.3. The Labute approximate surface area is 339 Å². The number of hydrogen-bond donors (Lipinski definition) is 7. The van der Waals surface area contributed by atoms with Crippen LogP contribution in [-0.4, -0.2) is 142 Å². The maximum Gasteiger partial charge on any atom is 0.306 e. The molecule has 0 spiro atoms. The summed E-state index contributed by atoms with van der Waals surface area (Å²) in [6.45, 7) is 2.39. The highest BCUT2D eigenvalue weighted by Crippen LogP contribution is 2.26. The molecular weight excluding hydrogens is 744 g/mol. The van der Waals surface area contributed by atoms with Crippen molar-refractivity contribution in [3.63, 3.8) is 0 Å². The molecule has 332 valence electrons. The van der Waals surface area contributed by atoms with Gasteiger partial charge in [-0.15, -0.1) is 0 Å². The van der Waals surface area contributed by atoms with Crippen molar-refractivity contribution in [1.82, 2.24) is 0 Å². The van der Waals surface area contributed by atoms with Gasteiger partial charge >= 0.3 is 11.9 Å². The Morgan fingerprint density at radius 1 is 0.561 bits per heavy atom. The van der Waals surface area contributed by atoms with Gasteiger partial charge in [0.2, 0.25) is 0 Å². The van der Waals surface area contributed by atoms with Crippen LogP contribution in [0.25, 0.3) is 0 Å². The number of unbranched alkanes of at least 4 members (excludes halogenated alkanes) is 13. The molecule has 15 heteroatoms. The van der Waals surface area contributed by atoms with Crippen molar-refractivity contribution < 1.29 is 73.8 Å². The lowest BCUT2D eigenvalue weighted by Crippen LogP contribution is -2.61. The molecule has 11 unspecified atom stereocenters. The standard InChI is InChI=1S/C42H74O15/c1-3-5-7-9-10-11-12-13-14-15-16-17-18-19-20-21-23-25-34(45)55-30(27-52-33(44)24-22-8-6-4-2)28-53-41-40(51)38(49)36(47)32(57-41)29-54-42-39(50)37(48)35(46)31(26-43)56-42/h10-11,13-14,30-32,35-43,46-51H,3-9,12,15-29H2,1-2H3/b11-10-,14-13-. The predicted molar refractivity (Wildman–Crippen MR) is 211 cm³/mol. The fraction of sp³-hybridized carbons (Fsp3) is 0.857. The SMILES string of the molecule is CCCCC/C=C\C/C=C\CCCCCCCCCC(=O)OC(COC(=O)CCCCCC)COC1OC(COC2OC(CO)C(O)C(O)C2O)C(O)C(O)C1O. The summed E-state index contributed by atoms with van der Waals surface area (Å²) in [4.78, 5) is 25.2. The second-order valence-corrected chi connectivity index (χ2v) is 15.2. The van der Waals surface area contributed by atoms with E-state index >= 15 is 0 Å². The van der Waals surface area contributed by atoms with Gasteiger partial charge in [-0.2, -0.15) is 0 Å². The lowest BCUT2D eigenvalue weighted by molar-refractivity contribution is -0.332. The van der Waals surface area contributed by atoms with Gasteiger partial charge in [0.25, 0.3) is 0 Å². The Morgan fingerprint density at radius 2 is 1.05 bits per heavy atom. The molecule has 2 fully saturated rings. The summed E-state index contributed by atoms with van der Waals surface area (Å²) in [5.41, 5.74) is 0. The van der Waals surface area contributed by atoms with Gasteiger partial charge in [0.1, 0.15) is 55.4 Å². The van der Waals surface area contributed by atoms with Crippen molar-refractivity contribution in [1.29, 1.82) is 0 Å². The summed E-state index contributed by atoms with van der Waals surface area (Å²) in [7, 11) is 0. The monoisotopic (exact) mass is 819 g/mol. The molecule has 2 saturated heterocycles. The number of carbonyl (C=O) groups is 2. The Balaban J connectivity index is 1.80. The maximum absolute atomic E-state index is 12.8. The largest absolute Gasteiger partial charge is 0.462 e. The van der Waals surface area contributed by atoms with E-state index in [1.807, 2.05) is 0 Å². The third kappa shape index (κ3) is 20.7. The first-order valence-electron chi connectivity index (χ1n) is 21.4. The first-order valence-corrected chi connectivity index (χ1v) is 21.4. The highest BCUT2D eigenvalue weighted by molar-refractivity contribution is 5.70. The molecule has 2 heterocycles. The molecule has 2 aliphatic heterocycles. The first kappa shape index (κ1) is 51.1. The summed E-state index contributed by atoms with van der Waals surface area (Å²) in [5.74, 6) is -0.956. The normalized spacial score (nSPS) is 28.6. The summed E-state index contributed by atoms with van der Waals surface area (Å²) in [6.07, 6.45) is 10.1. The fourth-order valence-electron chi connectivity index (χ4n) is 6.54.